The molecule has 0 aliphatic carbocycles. The van der Waals surface area contributed by atoms with E-state index in [0.717, 1.165) is 122 Å². The van der Waals surface area contributed by atoms with Crippen LogP contribution in [0.5, 0.6) is 0 Å². The Hall–Kier alpha value is -3.93. The lowest BCUT2D eigenvalue weighted by Crippen LogP contribution is -2.30. The van der Waals surface area contributed by atoms with Crippen molar-refractivity contribution in [1.29, 1.82) is 0 Å². The molecule has 6 heteroatoms. The fourth-order valence-electron chi connectivity index (χ4n) is 9.88. The van der Waals surface area contributed by atoms with Gasteiger partial charge in [0.25, 0.3) is 0 Å². The van der Waals surface area contributed by atoms with E-state index in [9.17, 15) is 14.4 Å². The minimum atomic E-state index is -0.800. The lowest BCUT2D eigenvalue weighted by atomic mass is 10.0. The Balaban J connectivity index is 4.35. The molecule has 0 fully saturated rings. The molecule has 6 nitrogen and oxygen atoms in total. The molecule has 1 unspecified atom stereocenters. The summed E-state index contributed by atoms with van der Waals surface area (Å²) in [5, 5.41) is 0. The number of allylic oxidation sites excluding steroid dienone is 18. The van der Waals surface area contributed by atoms with Crippen LogP contribution in [0.15, 0.2) is 109 Å². The molecule has 0 spiro atoms. The van der Waals surface area contributed by atoms with Crippen LogP contribution >= 0.6 is 0 Å². The Labute approximate surface area is 508 Å². The highest BCUT2D eigenvalue weighted by atomic mass is 16.6. The molecular weight excluding hydrogens is 1010 g/mol. The molecule has 82 heavy (non-hydrogen) atoms. The second-order valence-electron chi connectivity index (χ2n) is 23.0. The number of carbonyl (C=O) groups excluding carboxylic acids is 3. The van der Waals surface area contributed by atoms with Crippen molar-refractivity contribution >= 4 is 17.9 Å². The summed E-state index contributed by atoms with van der Waals surface area (Å²) in [6, 6.07) is 0. The minimum absolute atomic E-state index is 0.0931. The molecule has 0 aromatic carbocycles. The topological polar surface area (TPSA) is 78.9 Å². The Morgan fingerprint density at radius 3 is 0.768 bits per heavy atom. The summed E-state index contributed by atoms with van der Waals surface area (Å²) < 4.78 is 16.9. The van der Waals surface area contributed by atoms with Gasteiger partial charge in [0, 0.05) is 19.3 Å². The van der Waals surface area contributed by atoms with Gasteiger partial charge >= 0.3 is 17.9 Å². The third kappa shape index (κ3) is 66.9. The summed E-state index contributed by atoms with van der Waals surface area (Å²) in [4.78, 5) is 38.4. The quantitative estimate of drug-likeness (QED) is 0.0261. The smallest absolute Gasteiger partial charge is 0.306 e. The van der Waals surface area contributed by atoms with Gasteiger partial charge in [-0.1, -0.05) is 323 Å². The van der Waals surface area contributed by atoms with Crippen molar-refractivity contribution < 1.29 is 28.6 Å². The van der Waals surface area contributed by atoms with Crippen LogP contribution < -0.4 is 0 Å². The van der Waals surface area contributed by atoms with E-state index >= 15 is 0 Å². The van der Waals surface area contributed by atoms with Gasteiger partial charge in [0.2, 0.25) is 0 Å². The van der Waals surface area contributed by atoms with E-state index in [0.29, 0.717) is 19.3 Å². The second kappa shape index (κ2) is 69.6. The number of esters is 3. The molecule has 0 aromatic rings. The van der Waals surface area contributed by atoms with Crippen LogP contribution in [0.4, 0.5) is 0 Å². The van der Waals surface area contributed by atoms with Gasteiger partial charge in [-0.3, -0.25) is 14.4 Å². The van der Waals surface area contributed by atoms with Crippen LogP contribution in [0.25, 0.3) is 0 Å². The number of ether oxygens (including phenoxy) is 3. The van der Waals surface area contributed by atoms with Crippen LogP contribution in [0.3, 0.4) is 0 Å². The average Bonchev–Trinajstić information content (AvgIpc) is 3.47. The zero-order valence-electron chi connectivity index (χ0n) is 54.0. The normalized spacial score (nSPS) is 12.8. The third-order valence-electron chi connectivity index (χ3n) is 15.0. The molecule has 0 aromatic heterocycles. The maximum Gasteiger partial charge on any atom is 0.306 e. The maximum atomic E-state index is 13.0. The van der Waals surface area contributed by atoms with Gasteiger partial charge < -0.3 is 14.2 Å². The molecule has 0 heterocycles. The van der Waals surface area contributed by atoms with E-state index < -0.39 is 6.10 Å². The zero-order chi connectivity index (χ0) is 59.2. The highest BCUT2D eigenvalue weighted by Gasteiger charge is 2.19. The van der Waals surface area contributed by atoms with E-state index in [1.165, 1.54) is 173 Å². The second-order valence-corrected chi connectivity index (χ2v) is 23.0. The van der Waals surface area contributed by atoms with Crippen molar-refractivity contribution in [2.45, 2.75) is 341 Å². The molecular formula is C76H130O6. The molecule has 1 atom stereocenters. The Bertz CT molecular complexity index is 1640. The number of hydrogen-bond acceptors (Lipinski definition) is 6. The summed E-state index contributed by atoms with van der Waals surface area (Å²) in [5.41, 5.74) is 0. The minimum Gasteiger partial charge on any atom is -0.462 e. The Morgan fingerprint density at radius 2 is 0.476 bits per heavy atom. The molecule has 470 valence electrons. The van der Waals surface area contributed by atoms with Gasteiger partial charge in [0.05, 0.1) is 0 Å². The van der Waals surface area contributed by atoms with Gasteiger partial charge in [-0.15, -0.1) is 0 Å². The predicted octanol–water partition coefficient (Wildman–Crippen LogP) is 24.2. The molecule has 0 saturated carbocycles. The van der Waals surface area contributed by atoms with E-state index in [4.69, 9.17) is 14.2 Å². The van der Waals surface area contributed by atoms with Gasteiger partial charge in [0.15, 0.2) is 6.10 Å². The molecule has 0 N–H and O–H groups in total. The van der Waals surface area contributed by atoms with Crippen LogP contribution in [-0.2, 0) is 28.6 Å². The first kappa shape index (κ1) is 78.1. The summed E-state index contributed by atoms with van der Waals surface area (Å²) in [5.74, 6) is -0.927. The number of hydrogen-bond donors (Lipinski definition) is 0. The summed E-state index contributed by atoms with van der Waals surface area (Å²) in [6.45, 7) is 6.41. The van der Waals surface area contributed by atoms with Gasteiger partial charge in [-0.05, 0) is 103 Å². The first-order valence-corrected chi connectivity index (χ1v) is 34.9. The van der Waals surface area contributed by atoms with Crippen molar-refractivity contribution in [3.05, 3.63) is 109 Å². The Morgan fingerprint density at radius 1 is 0.256 bits per heavy atom. The first-order chi connectivity index (χ1) is 40.5. The van der Waals surface area contributed by atoms with Crippen LogP contribution in [0.1, 0.15) is 335 Å². The molecule has 0 aliphatic rings. The van der Waals surface area contributed by atoms with E-state index in [2.05, 4.69) is 130 Å². The lowest BCUT2D eigenvalue weighted by Gasteiger charge is -2.18. The fraction of sp³-hybridized carbons (Fsp3) is 0.724. The Kier molecular flexibility index (Phi) is 66.2. The van der Waals surface area contributed by atoms with Crippen molar-refractivity contribution in [3.63, 3.8) is 0 Å². The summed E-state index contributed by atoms with van der Waals surface area (Å²) >= 11 is 0. The SMILES string of the molecule is CC/C=C\C/C=C\C/C=C\C/C=C\C/C=C\CCCCCCCCCCCC(=O)OCC(COC(=O)CCCC/C=C\C/C=C\C/C=C\C/C=C\CC)OC(=O)CCCCCCCCCCCCCCCCCCCCCCCCCC. The number of carbonyl (C=O) groups is 3. The van der Waals surface area contributed by atoms with Gasteiger partial charge in [-0.25, -0.2) is 0 Å². The van der Waals surface area contributed by atoms with Gasteiger partial charge in [-0.2, -0.15) is 0 Å². The van der Waals surface area contributed by atoms with Crippen molar-refractivity contribution in [2.24, 2.45) is 0 Å². The van der Waals surface area contributed by atoms with E-state index in [1.54, 1.807) is 0 Å². The highest BCUT2D eigenvalue weighted by molar-refractivity contribution is 5.71. The number of rotatable bonds is 63. The molecule has 0 amide bonds. The van der Waals surface area contributed by atoms with E-state index in [-0.39, 0.29) is 31.1 Å². The van der Waals surface area contributed by atoms with Crippen LogP contribution in [0.2, 0.25) is 0 Å². The highest BCUT2D eigenvalue weighted by Crippen LogP contribution is 2.18. The molecule has 0 rings (SSSR count). The monoisotopic (exact) mass is 1140 g/mol. The van der Waals surface area contributed by atoms with Gasteiger partial charge in [0.1, 0.15) is 13.2 Å². The van der Waals surface area contributed by atoms with Crippen molar-refractivity contribution in [2.75, 3.05) is 13.2 Å². The van der Waals surface area contributed by atoms with Crippen molar-refractivity contribution in [3.8, 4) is 0 Å². The number of unbranched alkanes of at least 4 members (excludes halogenated alkanes) is 34. The standard InChI is InChI=1S/C76H130O6/c1-4-7-10-13-16-19-22-25-28-30-32-34-36-38-40-41-43-45-48-51-54-57-60-63-66-69-75(78)81-72-73(71-80-74(77)68-65-62-59-56-53-50-47-27-24-21-18-15-12-9-6-3)82-76(79)70-67-64-61-58-55-52-49-46-44-42-39-37-35-33-31-29-26-23-20-17-14-11-8-5-2/h7,9-10,12,16,18-19,21,25,27-28,32,34,38,40,47,53,56,73H,4-6,8,11,13-15,17,20,22-24,26,29-31,33,35-37,39,41-46,48-52,54-55,57-72H2,1-3H3/b10-7-,12-9-,19-16-,21-18-,28-25-,34-32-,40-38-,47-27-,56-53-. The average molecular weight is 1140 g/mol. The summed E-state index contributed by atoms with van der Waals surface area (Å²) in [6.07, 6.45) is 95.5. The first-order valence-electron chi connectivity index (χ1n) is 34.9. The fourth-order valence-corrected chi connectivity index (χ4v) is 9.88. The molecule has 0 radical (unpaired) electrons. The third-order valence-corrected chi connectivity index (χ3v) is 15.0. The van der Waals surface area contributed by atoms with Crippen LogP contribution in [-0.4, -0.2) is 37.2 Å². The molecule has 0 saturated heterocycles. The molecule has 0 aliphatic heterocycles. The van der Waals surface area contributed by atoms with Crippen LogP contribution in [0, 0.1) is 0 Å². The maximum absolute atomic E-state index is 13.0. The summed E-state index contributed by atoms with van der Waals surface area (Å²) in [7, 11) is 0. The lowest BCUT2D eigenvalue weighted by molar-refractivity contribution is -0.167. The van der Waals surface area contributed by atoms with E-state index in [1.807, 2.05) is 0 Å². The predicted molar refractivity (Wildman–Crippen MR) is 357 cm³/mol. The van der Waals surface area contributed by atoms with Crippen molar-refractivity contribution in [1.82, 2.24) is 0 Å². The largest absolute Gasteiger partial charge is 0.462 e. The molecule has 0 bridgehead atoms. The zero-order valence-corrected chi connectivity index (χ0v) is 54.0.